The third-order valence-electron chi connectivity index (χ3n) is 4.19. The standard InChI is InChI=1S/C16H19N7/c17-15-19-16(21-20-15)23-9-7-22(8-10-23)11-13-6-5-12-3-1-2-4-14(12)18-13/h1-6H,7-11H2,(H3,17,19,20,21). The van der Waals surface area contributed by atoms with Crippen LogP contribution in [0.5, 0.6) is 0 Å². The van der Waals surface area contributed by atoms with Crippen molar-refractivity contribution in [2.45, 2.75) is 6.54 Å². The van der Waals surface area contributed by atoms with Gasteiger partial charge in [-0.1, -0.05) is 24.3 Å². The molecule has 0 amide bonds. The molecule has 1 aliphatic rings. The Morgan fingerprint density at radius 1 is 1.00 bits per heavy atom. The molecule has 0 radical (unpaired) electrons. The first-order chi connectivity index (χ1) is 11.3. The summed E-state index contributed by atoms with van der Waals surface area (Å²) < 4.78 is 0. The summed E-state index contributed by atoms with van der Waals surface area (Å²) in [4.78, 5) is 13.5. The number of benzene rings is 1. The second-order valence-electron chi connectivity index (χ2n) is 5.78. The SMILES string of the molecule is Nc1nc(N2CCN(Cc3ccc4ccccc4n3)CC2)n[nH]1. The molecule has 23 heavy (non-hydrogen) atoms. The van der Waals surface area contributed by atoms with Crippen LogP contribution >= 0.6 is 0 Å². The number of nitrogens with one attached hydrogen (secondary N) is 1. The molecule has 0 bridgehead atoms. The summed E-state index contributed by atoms with van der Waals surface area (Å²) >= 11 is 0. The number of piperazine rings is 1. The van der Waals surface area contributed by atoms with Gasteiger partial charge < -0.3 is 10.6 Å². The summed E-state index contributed by atoms with van der Waals surface area (Å²) in [7, 11) is 0. The van der Waals surface area contributed by atoms with Crippen molar-refractivity contribution < 1.29 is 0 Å². The number of hydrogen-bond donors (Lipinski definition) is 2. The van der Waals surface area contributed by atoms with Gasteiger partial charge in [0, 0.05) is 38.1 Å². The first kappa shape index (κ1) is 14.0. The molecule has 0 aliphatic carbocycles. The van der Waals surface area contributed by atoms with Gasteiger partial charge in [0.15, 0.2) is 0 Å². The van der Waals surface area contributed by atoms with Crippen molar-refractivity contribution >= 4 is 22.8 Å². The average Bonchev–Trinajstić information content (AvgIpc) is 3.02. The van der Waals surface area contributed by atoms with Crippen molar-refractivity contribution in [1.82, 2.24) is 25.1 Å². The van der Waals surface area contributed by atoms with E-state index in [4.69, 9.17) is 10.7 Å². The molecule has 2 aromatic heterocycles. The Labute approximate surface area is 134 Å². The van der Waals surface area contributed by atoms with E-state index in [1.54, 1.807) is 0 Å². The minimum Gasteiger partial charge on any atom is -0.368 e. The van der Waals surface area contributed by atoms with Crippen LogP contribution in [0.1, 0.15) is 5.69 Å². The predicted octanol–water partition coefficient (Wildman–Crippen LogP) is 1.26. The van der Waals surface area contributed by atoms with E-state index in [1.807, 2.05) is 12.1 Å². The number of pyridine rings is 1. The maximum atomic E-state index is 5.59. The molecule has 1 aromatic carbocycles. The quantitative estimate of drug-likeness (QED) is 0.757. The normalized spacial score (nSPS) is 16.1. The third kappa shape index (κ3) is 2.95. The number of nitrogens with zero attached hydrogens (tertiary/aromatic N) is 5. The number of H-pyrrole nitrogens is 1. The summed E-state index contributed by atoms with van der Waals surface area (Å²) in [6, 6.07) is 12.5. The van der Waals surface area contributed by atoms with Gasteiger partial charge in [-0.3, -0.25) is 9.88 Å². The van der Waals surface area contributed by atoms with E-state index in [9.17, 15) is 0 Å². The van der Waals surface area contributed by atoms with Gasteiger partial charge in [-0.2, -0.15) is 4.98 Å². The molecular weight excluding hydrogens is 290 g/mol. The highest BCUT2D eigenvalue weighted by Crippen LogP contribution is 2.15. The van der Waals surface area contributed by atoms with Crippen molar-refractivity contribution in [3.05, 3.63) is 42.1 Å². The molecule has 1 saturated heterocycles. The van der Waals surface area contributed by atoms with Crippen molar-refractivity contribution in [2.24, 2.45) is 0 Å². The van der Waals surface area contributed by atoms with Gasteiger partial charge in [-0.05, 0) is 12.1 Å². The highest BCUT2D eigenvalue weighted by atomic mass is 15.4. The van der Waals surface area contributed by atoms with Crippen molar-refractivity contribution in [3.8, 4) is 0 Å². The smallest absolute Gasteiger partial charge is 0.246 e. The van der Waals surface area contributed by atoms with Gasteiger partial charge >= 0.3 is 0 Å². The van der Waals surface area contributed by atoms with Crippen LogP contribution < -0.4 is 10.6 Å². The minimum atomic E-state index is 0.364. The summed E-state index contributed by atoms with van der Waals surface area (Å²) in [5.74, 6) is 1.05. The average molecular weight is 309 g/mol. The molecular formula is C16H19N7. The van der Waals surface area contributed by atoms with Crippen LogP contribution in [0.2, 0.25) is 0 Å². The number of para-hydroxylation sites is 1. The van der Waals surface area contributed by atoms with E-state index in [0.29, 0.717) is 11.9 Å². The van der Waals surface area contributed by atoms with Gasteiger partial charge in [-0.15, -0.1) is 5.10 Å². The lowest BCUT2D eigenvalue weighted by molar-refractivity contribution is 0.246. The Morgan fingerprint density at radius 2 is 1.83 bits per heavy atom. The number of fused-ring (bicyclic) bond motifs is 1. The van der Waals surface area contributed by atoms with Crippen LogP contribution in [0.25, 0.3) is 10.9 Å². The molecule has 0 spiro atoms. The molecule has 1 fully saturated rings. The molecule has 3 N–H and O–H groups in total. The molecule has 0 unspecified atom stereocenters. The number of hydrogen-bond acceptors (Lipinski definition) is 6. The second-order valence-corrected chi connectivity index (χ2v) is 5.78. The second kappa shape index (κ2) is 5.85. The number of aromatic nitrogens is 4. The molecule has 1 aliphatic heterocycles. The Bertz CT molecular complexity index is 805. The van der Waals surface area contributed by atoms with Crippen molar-refractivity contribution in [3.63, 3.8) is 0 Å². The molecule has 0 atom stereocenters. The molecule has 4 rings (SSSR count). The highest BCUT2D eigenvalue weighted by molar-refractivity contribution is 5.78. The van der Waals surface area contributed by atoms with E-state index in [2.05, 4.69) is 49.2 Å². The Morgan fingerprint density at radius 3 is 2.61 bits per heavy atom. The van der Waals surface area contributed by atoms with Gasteiger partial charge in [0.05, 0.1) is 11.2 Å². The van der Waals surface area contributed by atoms with Gasteiger partial charge in [-0.25, -0.2) is 5.10 Å². The lowest BCUT2D eigenvalue weighted by Gasteiger charge is -2.33. The molecule has 7 nitrogen and oxygen atoms in total. The molecule has 3 heterocycles. The van der Waals surface area contributed by atoms with E-state index >= 15 is 0 Å². The molecule has 118 valence electrons. The fraction of sp³-hybridized carbons (Fsp3) is 0.312. The Kier molecular flexibility index (Phi) is 3.55. The largest absolute Gasteiger partial charge is 0.368 e. The predicted molar refractivity (Wildman–Crippen MR) is 90.0 cm³/mol. The fourth-order valence-electron chi connectivity index (χ4n) is 2.94. The van der Waals surface area contributed by atoms with Crippen LogP contribution in [-0.4, -0.2) is 51.2 Å². The lowest BCUT2D eigenvalue weighted by Crippen LogP contribution is -2.46. The molecule has 3 aromatic rings. The Hall–Kier alpha value is -2.67. The zero-order valence-corrected chi connectivity index (χ0v) is 12.8. The van der Waals surface area contributed by atoms with Gasteiger partial charge in [0.25, 0.3) is 0 Å². The summed E-state index contributed by atoms with van der Waals surface area (Å²) in [5, 5.41) is 7.99. The number of nitrogens with two attached hydrogens (primary N) is 1. The number of nitrogen functional groups attached to an aromatic ring is 1. The van der Waals surface area contributed by atoms with E-state index < -0.39 is 0 Å². The zero-order valence-electron chi connectivity index (χ0n) is 12.8. The number of rotatable bonds is 3. The third-order valence-corrected chi connectivity index (χ3v) is 4.19. The maximum absolute atomic E-state index is 5.59. The van der Waals surface area contributed by atoms with Crippen molar-refractivity contribution in [1.29, 1.82) is 0 Å². The van der Waals surface area contributed by atoms with Crippen LogP contribution in [0, 0.1) is 0 Å². The first-order valence-electron chi connectivity index (χ1n) is 7.78. The summed E-state index contributed by atoms with van der Waals surface area (Å²) in [6.07, 6.45) is 0. The monoisotopic (exact) mass is 309 g/mol. The van der Waals surface area contributed by atoms with E-state index in [0.717, 1.165) is 43.9 Å². The van der Waals surface area contributed by atoms with Crippen LogP contribution in [0.4, 0.5) is 11.9 Å². The minimum absolute atomic E-state index is 0.364. The zero-order chi connectivity index (χ0) is 15.6. The molecule has 7 heteroatoms. The van der Waals surface area contributed by atoms with Crippen molar-refractivity contribution in [2.75, 3.05) is 36.8 Å². The fourth-order valence-corrected chi connectivity index (χ4v) is 2.94. The first-order valence-corrected chi connectivity index (χ1v) is 7.78. The molecule has 0 saturated carbocycles. The van der Waals surface area contributed by atoms with Crippen LogP contribution in [0.3, 0.4) is 0 Å². The summed E-state index contributed by atoms with van der Waals surface area (Å²) in [5.41, 5.74) is 7.75. The Balaban J connectivity index is 1.40. The van der Waals surface area contributed by atoms with Gasteiger partial charge in [0.2, 0.25) is 11.9 Å². The lowest BCUT2D eigenvalue weighted by atomic mass is 10.2. The van der Waals surface area contributed by atoms with Gasteiger partial charge in [0.1, 0.15) is 0 Å². The van der Waals surface area contributed by atoms with Crippen LogP contribution in [-0.2, 0) is 6.54 Å². The number of anilines is 2. The van der Waals surface area contributed by atoms with E-state index in [-0.39, 0.29) is 0 Å². The number of aromatic amines is 1. The van der Waals surface area contributed by atoms with Crippen LogP contribution in [0.15, 0.2) is 36.4 Å². The topological polar surface area (TPSA) is 87.0 Å². The highest BCUT2D eigenvalue weighted by Gasteiger charge is 2.20. The summed E-state index contributed by atoms with van der Waals surface area (Å²) in [6.45, 7) is 4.58. The van der Waals surface area contributed by atoms with E-state index in [1.165, 1.54) is 5.39 Å². The maximum Gasteiger partial charge on any atom is 0.246 e.